The zero-order chi connectivity index (χ0) is 17.4. The molecule has 0 fully saturated rings. The van der Waals surface area contributed by atoms with E-state index in [4.69, 9.17) is 4.74 Å². The number of halogens is 1. The summed E-state index contributed by atoms with van der Waals surface area (Å²) < 4.78 is 19.9. The lowest BCUT2D eigenvalue weighted by Crippen LogP contribution is -2.09. The van der Waals surface area contributed by atoms with E-state index < -0.39 is 11.8 Å². The maximum atomic E-state index is 15.1. The van der Waals surface area contributed by atoms with Gasteiger partial charge in [-0.25, -0.2) is 9.18 Å². The number of aromatic hydroxyl groups is 1. The number of esters is 1. The van der Waals surface area contributed by atoms with E-state index in [0.717, 1.165) is 10.8 Å². The van der Waals surface area contributed by atoms with Gasteiger partial charge in [0, 0.05) is 5.56 Å². The Morgan fingerprint density at radius 1 is 1.04 bits per heavy atom. The van der Waals surface area contributed by atoms with Crippen LogP contribution in [0.5, 0.6) is 5.75 Å². The standard InChI is InChI=1S/C20H17FO3/c1-11-12(2)19(22)17(20(23)24-3)16(18(11)21)15-10-6-8-13-7-4-5-9-14(13)15/h4-10,22H,1-3H3. The van der Waals surface area contributed by atoms with Crippen molar-refractivity contribution in [1.82, 2.24) is 0 Å². The quantitative estimate of drug-likeness (QED) is 0.692. The lowest BCUT2D eigenvalue weighted by molar-refractivity contribution is 0.0597. The Bertz CT molecular complexity index is 955. The average molecular weight is 324 g/mol. The first kappa shape index (κ1) is 16.0. The number of carbonyl (C=O) groups excluding carboxylic acids is 1. The molecule has 0 saturated carbocycles. The van der Waals surface area contributed by atoms with Gasteiger partial charge in [-0.3, -0.25) is 0 Å². The van der Waals surface area contributed by atoms with Crippen LogP contribution in [0.2, 0.25) is 0 Å². The van der Waals surface area contributed by atoms with Crippen LogP contribution in [0, 0.1) is 19.7 Å². The largest absolute Gasteiger partial charge is 0.507 e. The molecular weight excluding hydrogens is 307 g/mol. The highest BCUT2D eigenvalue weighted by atomic mass is 19.1. The minimum Gasteiger partial charge on any atom is -0.507 e. The number of methoxy groups -OCH3 is 1. The van der Waals surface area contributed by atoms with Crippen LogP contribution in [-0.2, 0) is 4.74 Å². The molecule has 0 aliphatic heterocycles. The Morgan fingerprint density at radius 3 is 2.42 bits per heavy atom. The van der Waals surface area contributed by atoms with Crippen molar-refractivity contribution in [3.8, 4) is 16.9 Å². The van der Waals surface area contributed by atoms with Crippen molar-refractivity contribution in [2.75, 3.05) is 7.11 Å². The molecule has 0 radical (unpaired) electrons. The molecule has 3 aromatic rings. The highest BCUT2D eigenvalue weighted by molar-refractivity contribution is 6.06. The van der Waals surface area contributed by atoms with Gasteiger partial charge in [-0.1, -0.05) is 42.5 Å². The summed E-state index contributed by atoms with van der Waals surface area (Å²) in [5, 5.41) is 12.2. The van der Waals surface area contributed by atoms with E-state index >= 15 is 4.39 Å². The van der Waals surface area contributed by atoms with Gasteiger partial charge in [-0.15, -0.1) is 0 Å². The molecule has 0 unspecified atom stereocenters. The molecule has 0 amide bonds. The Labute approximate surface area is 139 Å². The van der Waals surface area contributed by atoms with E-state index in [9.17, 15) is 9.90 Å². The average Bonchev–Trinajstić information content (AvgIpc) is 2.61. The molecule has 4 heteroatoms. The molecule has 0 aliphatic rings. The second-order valence-corrected chi connectivity index (χ2v) is 5.68. The van der Waals surface area contributed by atoms with Gasteiger partial charge < -0.3 is 9.84 Å². The van der Waals surface area contributed by atoms with Crippen LogP contribution in [0.4, 0.5) is 4.39 Å². The fraction of sp³-hybridized carbons (Fsp3) is 0.150. The molecule has 0 spiro atoms. The Balaban J connectivity index is 2.49. The molecule has 0 heterocycles. The fourth-order valence-corrected chi connectivity index (χ4v) is 2.94. The lowest BCUT2D eigenvalue weighted by Gasteiger charge is -2.17. The van der Waals surface area contributed by atoms with Gasteiger partial charge in [-0.2, -0.15) is 0 Å². The van der Waals surface area contributed by atoms with Gasteiger partial charge in [0.05, 0.1) is 7.11 Å². The number of fused-ring (bicyclic) bond motifs is 1. The minimum atomic E-state index is -0.766. The molecule has 122 valence electrons. The summed E-state index contributed by atoms with van der Waals surface area (Å²) in [5.74, 6) is -1.54. The molecule has 0 saturated heterocycles. The number of phenols is 1. The highest BCUT2D eigenvalue weighted by Crippen LogP contribution is 2.40. The summed E-state index contributed by atoms with van der Waals surface area (Å²) in [5.41, 5.74) is 1.11. The number of rotatable bonds is 2. The maximum absolute atomic E-state index is 15.1. The van der Waals surface area contributed by atoms with Crippen molar-refractivity contribution >= 4 is 16.7 Å². The van der Waals surface area contributed by atoms with E-state index in [-0.39, 0.29) is 16.9 Å². The smallest absolute Gasteiger partial charge is 0.342 e. The van der Waals surface area contributed by atoms with Gasteiger partial charge in [0.25, 0.3) is 0 Å². The van der Waals surface area contributed by atoms with Gasteiger partial charge in [0.15, 0.2) is 0 Å². The van der Waals surface area contributed by atoms with Crippen molar-refractivity contribution in [2.24, 2.45) is 0 Å². The van der Waals surface area contributed by atoms with E-state index in [1.807, 2.05) is 30.3 Å². The molecule has 0 atom stereocenters. The summed E-state index contributed by atoms with van der Waals surface area (Å²) in [4.78, 5) is 12.2. The molecular formula is C20H17FO3. The van der Waals surface area contributed by atoms with Crippen LogP contribution >= 0.6 is 0 Å². The van der Waals surface area contributed by atoms with Gasteiger partial charge in [0.1, 0.15) is 17.1 Å². The topological polar surface area (TPSA) is 46.5 Å². The maximum Gasteiger partial charge on any atom is 0.342 e. The molecule has 24 heavy (non-hydrogen) atoms. The Morgan fingerprint density at radius 2 is 1.71 bits per heavy atom. The molecule has 0 bridgehead atoms. The second kappa shape index (κ2) is 5.96. The fourth-order valence-electron chi connectivity index (χ4n) is 2.94. The van der Waals surface area contributed by atoms with Crippen LogP contribution in [0.3, 0.4) is 0 Å². The normalized spacial score (nSPS) is 10.8. The van der Waals surface area contributed by atoms with E-state index in [2.05, 4.69) is 0 Å². The third-order valence-electron chi connectivity index (χ3n) is 4.40. The van der Waals surface area contributed by atoms with Crippen LogP contribution in [0.25, 0.3) is 21.9 Å². The van der Waals surface area contributed by atoms with Gasteiger partial charge in [-0.05, 0) is 41.3 Å². The van der Waals surface area contributed by atoms with Crippen LogP contribution in [-0.4, -0.2) is 18.2 Å². The predicted octanol–water partition coefficient (Wildman–Crippen LogP) is 4.75. The van der Waals surface area contributed by atoms with Crippen molar-refractivity contribution in [2.45, 2.75) is 13.8 Å². The van der Waals surface area contributed by atoms with E-state index in [1.54, 1.807) is 26.0 Å². The van der Waals surface area contributed by atoms with Crippen molar-refractivity contribution in [3.63, 3.8) is 0 Å². The van der Waals surface area contributed by atoms with Gasteiger partial charge in [0.2, 0.25) is 0 Å². The zero-order valence-electron chi connectivity index (χ0n) is 13.7. The second-order valence-electron chi connectivity index (χ2n) is 5.68. The first-order chi connectivity index (χ1) is 11.5. The molecule has 3 nitrogen and oxygen atoms in total. The summed E-state index contributed by atoms with van der Waals surface area (Å²) in [6.45, 7) is 3.16. The number of ether oxygens (including phenoxy) is 1. The van der Waals surface area contributed by atoms with Crippen molar-refractivity contribution < 1.29 is 19.0 Å². The number of benzene rings is 3. The molecule has 0 aliphatic carbocycles. The summed E-state index contributed by atoms with van der Waals surface area (Å²) in [6, 6.07) is 13.0. The summed E-state index contributed by atoms with van der Waals surface area (Å²) in [7, 11) is 1.21. The zero-order valence-corrected chi connectivity index (χ0v) is 13.7. The highest BCUT2D eigenvalue weighted by Gasteiger charge is 2.27. The number of phenolic OH excluding ortho intramolecular Hbond substituents is 1. The van der Waals surface area contributed by atoms with Crippen molar-refractivity contribution in [1.29, 1.82) is 0 Å². The van der Waals surface area contributed by atoms with Crippen LogP contribution in [0.15, 0.2) is 42.5 Å². The third kappa shape index (κ3) is 2.31. The Hall–Kier alpha value is -2.88. The number of carbonyl (C=O) groups is 1. The number of hydrogen-bond donors (Lipinski definition) is 1. The summed E-state index contributed by atoms with van der Waals surface area (Å²) >= 11 is 0. The van der Waals surface area contributed by atoms with Crippen LogP contribution in [0.1, 0.15) is 21.5 Å². The van der Waals surface area contributed by atoms with E-state index in [0.29, 0.717) is 16.7 Å². The predicted molar refractivity (Wildman–Crippen MR) is 91.8 cm³/mol. The third-order valence-corrected chi connectivity index (χ3v) is 4.40. The SMILES string of the molecule is COC(=O)c1c(O)c(C)c(C)c(F)c1-c1cccc2ccccc12. The molecule has 0 aromatic heterocycles. The first-order valence-electron chi connectivity index (χ1n) is 7.55. The van der Waals surface area contributed by atoms with Crippen LogP contribution < -0.4 is 0 Å². The minimum absolute atomic E-state index is 0.0688. The molecule has 3 aromatic carbocycles. The van der Waals surface area contributed by atoms with E-state index in [1.165, 1.54) is 7.11 Å². The molecule has 3 rings (SSSR count). The van der Waals surface area contributed by atoms with Crippen molar-refractivity contribution in [3.05, 3.63) is 65.0 Å². The Kier molecular flexibility index (Phi) is 3.97. The number of hydrogen-bond acceptors (Lipinski definition) is 3. The lowest BCUT2D eigenvalue weighted by atomic mass is 9.90. The van der Waals surface area contributed by atoms with Gasteiger partial charge >= 0.3 is 5.97 Å². The first-order valence-corrected chi connectivity index (χ1v) is 7.55. The molecule has 1 N–H and O–H groups in total. The summed E-state index contributed by atoms with van der Waals surface area (Å²) in [6.07, 6.45) is 0. The monoisotopic (exact) mass is 324 g/mol.